The van der Waals surface area contributed by atoms with Gasteiger partial charge >= 0.3 is 0 Å². The van der Waals surface area contributed by atoms with Gasteiger partial charge in [-0.05, 0) is 12.5 Å². The fourth-order valence-electron chi connectivity index (χ4n) is 1.85. The molecule has 1 unspecified atom stereocenters. The Kier molecular flexibility index (Phi) is 6.80. The summed E-state index contributed by atoms with van der Waals surface area (Å²) in [5, 5.41) is 11.9. The molecule has 0 radical (unpaired) electrons. The van der Waals surface area contributed by atoms with Crippen LogP contribution in [0.5, 0.6) is 0 Å². The summed E-state index contributed by atoms with van der Waals surface area (Å²) in [4.78, 5) is 24.8. The van der Waals surface area contributed by atoms with Crippen LogP contribution in [0.25, 0.3) is 0 Å². The monoisotopic (exact) mass is 300 g/mol. The van der Waals surface area contributed by atoms with Gasteiger partial charge in [0.05, 0.1) is 6.04 Å². The number of nitrogens with one attached hydrogen (secondary N) is 1. The molecular weight excluding hydrogens is 280 g/mol. The molecule has 1 aromatic carbocycles. The highest BCUT2D eigenvalue weighted by molar-refractivity contribution is 5.97. The highest BCUT2D eigenvalue weighted by atomic mass is 16.2. The first-order valence-corrected chi connectivity index (χ1v) is 6.94. The molecule has 0 spiro atoms. The molecule has 0 aromatic heterocycles. The molecule has 2 amide bonds. The second kappa shape index (κ2) is 8.60. The molecule has 0 fully saturated rings. The van der Waals surface area contributed by atoms with Crippen molar-refractivity contribution in [2.75, 3.05) is 13.1 Å². The van der Waals surface area contributed by atoms with E-state index in [1.54, 1.807) is 0 Å². The highest BCUT2D eigenvalue weighted by Crippen LogP contribution is 2.12. The Labute approximate surface area is 130 Å². The molecule has 0 saturated carbocycles. The Morgan fingerprint density at radius 3 is 2.55 bits per heavy atom. The van der Waals surface area contributed by atoms with Crippen LogP contribution in [-0.2, 0) is 9.59 Å². The molecule has 1 aromatic rings. The Hall–Kier alpha value is -2.65. The minimum absolute atomic E-state index is 0.133. The fraction of sp³-hybridized carbons (Fsp3) is 0.312. The van der Waals surface area contributed by atoms with E-state index in [4.69, 9.17) is 11.0 Å². The van der Waals surface area contributed by atoms with E-state index in [2.05, 4.69) is 5.32 Å². The minimum atomic E-state index is -0.526. The molecular formula is C16H20N4O2. The van der Waals surface area contributed by atoms with Crippen molar-refractivity contribution in [3.05, 3.63) is 47.7 Å². The molecule has 6 nitrogen and oxygen atoms in total. The number of carbonyl (C=O) groups excluding carboxylic acids is 2. The van der Waals surface area contributed by atoms with Crippen LogP contribution in [0.4, 0.5) is 0 Å². The number of benzene rings is 1. The van der Waals surface area contributed by atoms with E-state index in [1.165, 1.54) is 18.0 Å². The third kappa shape index (κ3) is 5.04. The van der Waals surface area contributed by atoms with Gasteiger partial charge in [-0.1, -0.05) is 30.3 Å². The lowest BCUT2D eigenvalue weighted by atomic mass is 10.1. The van der Waals surface area contributed by atoms with E-state index in [1.807, 2.05) is 43.3 Å². The standard InChI is InChI=1S/C16H20N4O2/c1-12(14-6-4-3-5-7-14)19-16(22)15(10-18)11-20(9-8-17)13(2)21/h3-7,11-12H,8-9,17H2,1-2H3,(H,19,22)/b15-11-. The van der Waals surface area contributed by atoms with Crippen LogP contribution in [0, 0.1) is 11.3 Å². The molecule has 0 bridgehead atoms. The first-order chi connectivity index (χ1) is 10.5. The van der Waals surface area contributed by atoms with Gasteiger partial charge in [-0.2, -0.15) is 5.26 Å². The quantitative estimate of drug-likeness (QED) is 0.606. The smallest absolute Gasteiger partial charge is 0.263 e. The van der Waals surface area contributed by atoms with Crippen LogP contribution in [0.3, 0.4) is 0 Å². The van der Waals surface area contributed by atoms with Crippen molar-refractivity contribution in [2.24, 2.45) is 5.73 Å². The molecule has 3 N–H and O–H groups in total. The number of carbonyl (C=O) groups is 2. The fourth-order valence-corrected chi connectivity index (χ4v) is 1.85. The largest absolute Gasteiger partial charge is 0.345 e. The topological polar surface area (TPSA) is 99.2 Å². The average Bonchev–Trinajstić information content (AvgIpc) is 2.51. The van der Waals surface area contributed by atoms with Crippen LogP contribution in [0.1, 0.15) is 25.5 Å². The second-order valence-corrected chi connectivity index (χ2v) is 4.76. The predicted octanol–water partition coefficient (Wildman–Crippen LogP) is 1.08. The minimum Gasteiger partial charge on any atom is -0.345 e. The molecule has 22 heavy (non-hydrogen) atoms. The molecule has 0 aliphatic heterocycles. The molecule has 1 rings (SSSR count). The molecule has 0 heterocycles. The maximum atomic E-state index is 12.1. The summed E-state index contributed by atoms with van der Waals surface area (Å²) in [6.45, 7) is 3.68. The van der Waals surface area contributed by atoms with Crippen LogP contribution < -0.4 is 11.1 Å². The van der Waals surface area contributed by atoms with Crippen LogP contribution in [0.2, 0.25) is 0 Å². The summed E-state index contributed by atoms with van der Waals surface area (Å²) in [6, 6.07) is 11.0. The summed E-state index contributed by atoms with van der Waals surface area (Å²) >= 11 is 0. The SMILES string of the molecule is CC(=O)N(/C=C(/C#N)C(=O)NC(C)c1ccccc1)CCN. The second-order valence-electron chi connectivity index (χ2n) is 4.76. The van der Waals surface area contributed by atoms with E-state index in [0.717, 1.165) is 5.56 Å². The third-order valence-electron chi connectivity index (χ3n) is 3.07. The van der Waals surface area contributed by atoms with Gasteiger partial charge in [0, 0.05) is 26.2 Å². The maximum Gasteiger partial charge on any atom is 0.263 e. The van der Waals surface area contributed by atoms with Gasteiger partial charge < -0.3 is 16.0 Å². The molecule has 0 aliphatic carbocycles. The lowest BCUT2D eigenvalue weighted by molar-refractivity contribution is -0.126. The zero-order valence-corrected chi connectivity index (χ0v) is 12.7. The van der Waals surface area contributed by atoms with Crippen molar-refractivity contribution >= 4 is 11.8 Å². The van der Waals surface area contributed by atoms with Crippen LogP contribution in [0.15, 0.2) is 42.1 Å². The van der Waals surface area contributed by atoms with Crippen LogP contribution >= 0.6 is 0 Å². The van der Waals surface area contributed by atoms with Gasteiger partial charge in [0.1, 0.15) is 11.6 Å². The number of nitrogens with zero attached hydrogens (tertiary/aromatic N) is 2. The summed E-state index contributed by atoms with van der Waals surface area (Å²) in [7, 11) is 0. The predicted molar refractivity (Wildman–Crippen MR) is 83.1 cm³/mol. The summed E-state index contributed by atoms with van der Waals surface area (Å²) in [5.41, 5.74) is 6.21. The van der Waals surface area contributed by atoms with Crippen molar-refractivity contribution in [3.63, 3.8) is 0 Å². The first-order valence-electron chi connectivity index (χ1n) is 6.94. The molecule has 1 atom stereocenters. The molecule has 6 heteroatoms. The van der Waals surface area contributed by atoms with Crippen molar-refractivity contribution in [1.82, 2.24) is 10.2 Å². The Balaban J connectivity index is 2.84. The zero-order valence-electron chi connectivity index (χ0n) is 12.7. The van der Waals surface area contributed by atoms with Crippen molar-refractivity contribution in [3.8, 4) is 6.07 Å². The Bertz CT molecular complexity index is 590. The van der Waals surface area contributed by atoms with Crippen LogP contribution in [-0.4, -0.2) is 29.8 Å². The molecule has 116 valence electrons. The third-order valence-corrected chi connectivity index (χ3v) is 3.07. The maximum absolute atomic E-state index is 12.1. The van der Waals surface area contributed by atoms with E-state index in [9.17, 15) is 9.59 Å². The van der Waals surface area contributed by atoms with Gasteiger partial charge in [-0.25, -0.2) is 0 Å². The number of rotatable bonds is 6. The number of hydrogen-bond acceptors (Lipinski definition) is 4. The summed E-state index contributed by atoms with van der Waals surface area (Å²) < 4.78 is 0. The normalized spacial score (nSPS) is 12.2. The zero-order chi connectivity index (χ0) is 16.5. The van der Waals surface area contributed by atoms with Gasteiger partial charge in [-0.15, -0.1) is 0 Å². The number of nitrogens with two attached hydrogens (primary N) is 1. The number of amides is 2. The van der Waals surface area contributed by atoms with Crippen molar-refractivity contribution < 1.29 is 9.59 Å². The van der Waals surface area contributed by atoms with E-state index >= 15 is 0 Å². The summed E-state index contributed by atoms with van der Waals surface area (Å²) in [6.07, 6.45) is 1.24. The van der Waals surface area contributed by atoms with Crippen molar-refractivity contribution in [2.45, 2.75) is 19.9 Å². The lowest BCUT2D eigenvalue weighted by Gasteiger charge is -2.17. The Morgan fingerprint density at radius 2 is 2.05 bits per heavy atom. The average molecular weight is 300 g/mol. The van der Waals surface area contributed by atoms with Gasteiger partial charge in [0.25, 0.3) is 5.91 Å². The first kappa shape index (κ1) is 17.4. The summed E-state index contributed by atoms with van der Waals surface area (Å²) in [5.74, 6) is -0.802. The van der Waals surface area contributed by atoms with E-state index < -0.39 is 5.91 Å². The van der Waals surface area contributed by atoms with E-state index in [-0.39, 0.29) is 30.6 Å². The van der Waals surface area contributed by atoms with Crippen molar-refractivity contribution in [1.29, 1.82) is 5.26 Å². The highest BCUT2D eigenvalue weighted by Gasteiger charge is 2.16. The lowest BCUT2D eigenvalue weighted by Crippen LogP contribution is -2.32. The van der Waals surface area contributed by atoms with Gasteiger partial charge in [-0.3, -0.25) is 9.59 Å². The van der Waals surface area contributed by atoms with Gasteiger partial charge in [0.2, 0.25) is 5.91 Å². The molecule has 0 saturated heterocycles. The van der Waals surface area contributed by atoms with E-state index in [0.29, 0.717) is 0 Å². The number of nitriles is 1. The Morgan fingerprint density at radius 1 is 1.41 bits per heavy atom. The molecule has 0 aliphatic rings. The number of hydrogen-bond donors (Lipinski definition) is 2. The van der Waals surface area contributed by atoms with Gasteiger partial charge in [0.15, 0.2) is 0 Å².